The average molecular weight is 267 g/mol. The normalized spacial score (nSPS) is 19.1. The van der Waals surface area contributed by atoms with Gasteiger partial charge in [0.15, 0.2) is 5.69 Å². The van der Waals surface area contributed by atoms with E-state index in [0.717, 1.165) is 25.8 Å². The van der Waals surface area contributed by atoms with Crippen molar-refractivity contribution < 1.29 is 14.7 Å². The van der Waals surface area contributed by atoms with Crippen LogP contribution in [0.3, 0.4) is 0 Å². The van der Waals surface area contributed by atoms with Gasteiger partial charge in [-0.05, 0) is 19.4 Å². The summed E-state index contributed by atoms with van der Waals surface area (Å²) in [5.41, 5.74) is -0.0970. The van der Waals surface area contributed by atoms with Gasteiger partial charge in [0.2, 0.25) is 5.91 Å². The van der Waals surface area contributed by atoms with E-state index in [2.05, 4.69) is 20.9 Å². The van der Waals surface area contributed by atoms with E-state index < -0.39 is 5.97 Å². The van der Waals surface area contributed by atoms with Gasteiger partial charge < -0.3 is 15.7 Å². The molecule has 0 saturated carbocycles. The number of carboxylic acids is 1. The van der Waals surface area contributed by atoms with Crippen molar-refractivity contribution >= 4 is 11.9 Å². The molecule has 0 aliphatic carbocycles. The Morgan fingerprint density at radius 2 is 2.37 bits per heavy atom. The number of nitrogens with one attached hydrogen (secondary N) is 2. The second-order valence-corrected chi connectivity index (χ2v) is 4.47. The molecule has 1 atom stereocenters. The summed E-state index contributed by atoms with van der Waals surface area (Å²) in [6, 6.07) is -0.112. The van der Waals surface area contributed by atoms with Crippen LogP contribution in [0.15, 0.2) is 6.20 Å². The lowest BCUT2D eigenvalue weighted by Gasteiger charge is -2.22. The number of piperidine rings is 1. The van der Waals surface area contributed by atoms with Gasteiger partial charge in [0, 0.05) is 6.54 Å². The van der Waals surface area contributed by atoms with Gasteiger partial charge in [0.1, 0.15) is 0 Å². The Morgan fingerprint density at radius 3 is 3.00 bits per heavy atom. The van der Waals surface area contributed by atoms with Crippen molar-refractivity contribution in [2.24, 2.45) is 0 Å². The zero-order chi connectivity index (χ0) is 13.7. The molecule has 1 aliphatic heterocycles. The van der Waals surface area contributed by atoms with Gasteiger partial charge in [-0.3, -0.25) is 4.79 Å². The zero-order valence-electron chi connectivity index (χ0n) is 10.5. The number of carbonyl (C=O) groups is 2. The maximum Gasteiger partial charge on any atom is 0.358 e. The lowest BCUT2D eigenvalue weighted by molar-refractivity contribution is -0.123. The Morgan fingerprint density at radius 1 is 1.53 bits per heavy atom. The summed E-state index contributed by atoms with van der Waals surface area (Å²) in [6.07, 6.45) is 4.38. The van der Waals surface area contributed by atoms with E-state index in [4.69, 9.17) is 5.11 Å². The van der Waals surface area contributed by atoms with Crippen molar-refractivity contribution in [3.8, 4) is 0 Å². The van der Waals surface area contributed by atoms with Gasteiger partial charge in [-0.1, -0.05) is 11.6 Å². The molecular formula is C11H17N5O3. The van der Waals surface area contributed by atoms with Crippen LogP contribution in [0.25, 0.3) is 0 Å². The molecule has 0 bridgehead atoms. The SMILES string of the molecule is O=C(O)c1cn(CCNC(=O)C2CCCCN2)nn1. The first kappa shape index (κ1) is 13.5. The van der Waals surface area contributed by atoms with Crippen LogP contribution in [-0.4, -0.2) is 51.1 Å². The molecule has 8 heteroatoms. The Kier molecular flexibility index (Phi) is 4.45. The quantitative estimate of drug-likeness (QED) is 0.646. The third-order valence-electron chi connectivity index (χ3n) is 3.02. The highest BCUT2D eigenvalue weighted by Crippen LogP contribution is 2.06. The van der Waals surface area contributed by atoms with Crippen LogP contribution in [0.5, 0.6) is 0 Å². The minimum absolute atomic E-state index is 0.0155. The standard InChI is InChI=1S/C11H17N5O3/c17-10(8-3-1-2-4-12-8)13-5-6-16-7-9(11(18)19)14-15-16/h7-8,12H,1-6H2,(H,13,17)(H,18,19). The number of carboxylic acid groups (broad SMARTS) is 1. The molecule has 0 radical (unpaired) electrons. The van der Waals surface area contributed by atoms with Crippen LogP contribution < -0.4 is 10.6 Å². The summed E-state index contributed by atoms with van der Waals surface area (Å²) in [7, 11) is 0. The van der Waals surface area contributed by atoms with Gasteiger partial charge in [-0.25, -0.2) is 9.48 Å². The van der Waals surface area contributed by atoms with Crippen molar-refractivity contribution in [3.63, 3.8) is 0 Å². The van der Waals surface area contributed by atoms with Crippen molar-refractivity contribution in [3.05, 3.63) is 11.9 Å². The van der Waals surface area contributed by atoms with E-state index in [1.165, 1.54) is 10.9 Å². The first-order chi connectivity index (χ1) is 9.16. The number of carbonyl (C=O) groups excluding carboxylic acids is 1. The van der Waals surface area contributed by atoms with E-state index in [0.29, 0.717) is 13.1 Å². The average Bonchev–Trinajstić information content (AvgIpc) is 2.89. The van der Waals surface area contributed by atoms with Crippen LogP contribution in [0, 0.1) is 0 Å². The van der Waals surface area contributed by atoms with Crippen molar-refractivity contribution in [2.75, 3.05) is 13.1 Å². The highest BCUT2D eigenvalue weighted by Gasteiger charge is 2.19. The molecule has 0 spiro atoms. The molecular weight excluding hydrogens is 250 g/mol. The number of aromatic nitrogens is 3. The predicted octanol–water partition coefficient (Wildman–Crippen LogP) is -0.765. The smallest absolute Gasteiger partial charge is 0.358 e. The second kappa shape index (κ2) is 6.28. The summed E-state index contributed by atoms with van der Waals surface area (Å²) in [5.74, 6) is -1.13. The predicted molar refractivity (Wildman–Crippen MR) is 65.6 cm³/mol. The lowest BCUT2D eigenvalue weighted by atomic mass is 10.0. The molecule has 0 aromatic carbocycles. The summed E-state index contributed by atoms with van der Waals surface area (Å²) < 4.78 is 1.40. The maximum absolute atomic E-state index is 11.8. The Labute approximate surface area is 110 Å². The van der Waals surface area contributed by atoms with Crippen LogP contribution in [0.4, 0.5) is 0 Å². The highest BCUT2D eigenvalue weighted by atomic mass is 16.4. The Bertz CT molecular complexity index is 453. The minimum Gasteiger partial charge on any atom is -0.476 e. The second-order valence-electron chi connectivity index (χ2n) is 4.47. The number of rotatable bonds is 5. The van der Waals surface area contributed by atoms with Gasteiger partial charge in [0.25, 0.3) is 0 Å². The fourth-order valence-corrected chi connectivity index (χ4v) is 2.00. The number of hydrogen-bond acceptors (Lipinski definition) is 5. The molecule has 104 valence electrons. The fourth-order valence-electron chi connectivity index (χ4n) is 2.00. The van der Waals surface area contributed by atoms with Gasteiger partial charge in [-0.2, -0.15) is 0 Å². The van der Waals surface area contributed by atoms with E-state index in [9.17, 15) is 9.59 Å². The maximum atomic E-state index is 11.8. The summed E-state index contributed by atoms with van der Waals surface area (Å²) in [5, 5.41) is 21.8. The summed E-state index contributed by atoms with van der Waals surface area (Å²) >= 11 is 0. The van der Waals surface area contributed by atoms with Gasteiger partial charge >= 0.3 is 5.97 Å². The highest BCUT2D eigenvalue weighted by molar-refractivity contribution is 5.84. The largest absolute Gasteiger partial charge is 0.476 e. The summed E-state index contributed by atoms with van der Waals surface area (Å²) in [6.45, 7) is 1.68. The minimum atomic E-state index is -1.11. The molecule has 1 amide bonds. The Hall–Kier alpha value is -1.96. The van der Waals surface area contributed by atoms with Crippen LogP contribution in [0.2, 0.25) is 0 Å². The molecule has 2 rings (SSSR count). The van der Waals surface area contributed by atoms with Crippen molar-refractivity contribution in [2.45, 2.75) is 31.8 Å². The molecule has 2 heterocycles. The summed E-state index contributed by atoms with van der Waals surface area (Å²) in [4.78, 5) is 22.4. The number of hydrogen-bond donors (Lipinski definition) is 3. The topological polar surface area (TPSA) is 109 Å². The van der Waals surface area contributed by atoms with Crippen LogP contribution in [0.1, 0.15) is 29.8 Å². The van der Waals surface area contributed by atoms with Crippen molar-refractivity contribution in [1.29, 1.82) is 0 Å². The molecule has 1 saturated heterocycles. The molecule has 19 heavy (non-hydrogen) atoms. The molecule has 8 nitrogen and oxygen atoms in total. The molecule has 1 aromatic heterocycles. The number of nitrogens with zero attached hydrogens (tertiary/aromatic N) is 3. The van der Waals surface area contributed by atoms with Crippen LogP contribution >= 0.6 is 0 Å². The van der Waals surface area contributed by atoms with E-state index in [-0.39, 0.29) is 17.6 Å². The van der Waals surface area contributed by atoms with E-state index in [1.54, 1.807) is 0 Å². The van der Waals surface area contributed by atoms with E-state index in [1.807, 2.05) is 0 Å². The van der Waals surface area contributed by atoms with Crippen LogP contribution in [-0.2, 0) is 11.3 Å². The monoisotopic (exact) mass is 267 g/mol. The Balaban J connectivity index is 1.73. The first-order valence-corrected chi connectivity index (χ1v) is 6.31. The number of amides is 1. The van der Waals surface area contributed by atoms with Crippen molar-refractivity contribution in [1.82, 2.24) is 25.6 Å². The third kappa shape index (κ3) is 3.75. The zero-order valence-corrected chi connectivity index (χ0v) is 10.5. The van der Waals surface area contributed by atoms with Gasteiger partial charge in [0.05, 0.1) is 18.8 Å². The van der Waals surface area contributed by atoms with E-state index >= 15 is 0 Å². The molecule has 1 fully saturated rings. The third-order valence-corrected chi connectivity index (χ3v) is 3.02. The molecule has 3 N–H and O–H groups in total. The fraction of sp³-hybridized carbons (Fsp3) is 0.636. The molecule has 1 aromatic rings. The molecule has 1 aliphatic rings. The lowest BCUT2D eigenvalue weighted by Crippen LogP contribution is -2.47. The molecule has 1 unspecified atom stereocenters. The number of aromatic carboxylic acids is 1. The first-order valence-electron chi connectivity index (χ1n) is 6.31. The van der Waals surface area contributed by atoms with Gasteiger partial charge in [-0.15, -0.1) is 5.10 Å².